The Morgan fingerprint density at radius 3 is 2.56 bits per heavy atom. The van der Waals surface area contributed by atoms with Crippen LogP contribution in [0, 0.1) is 0 Å². The van der Waals surface area contributed by atoms with E-state index in [0.717, 1.165) is 32.7 Å². The van der Waals surface area contributed by atoms with Gasteiger partial charge in [-0.1, -0.05) is 18.5 Å². The first-order valence-electron chi connectivity index (χ1n) is 8.83. The molecule has 1 unspecified atom stereocenters. The number of hydrogen-bond donors (Lipinski definition) is 2. The molecule has 1 aromatic heterocycles. The van der Waals surface area contributed by atoms with E-state index in [4.69, 9.17) is 20.8 Å². The highest BCUT2D eigenvalue weighted by Crippen LogP contribution is 2.27. The first-order chi connectivity index (χ1) is 12.9. The normalized spacial score (nSPS) is 12.3. The summed E-state index contributed by atoms with van der Waals surface area (Å²) in [5.41, 5.74) is 2.69. The Morgan fingerprint density at radius 2 is 1.85 bits per heavy atom. The summed E-state index contributed by atoms with van der Waals surface area (Å²) in [6.45, 7) is 3.28. The van der Waals surface area contributed by atoms with Crippen molar-refractivity contribution in [2.75, 3.05) is 14.2 Å². The number of quaternary nitrogens is 1. The van der Waals surface area contributed by atoms with Gasteiger partial charge < -0.3 is 19.2 Å². The van der Waals surface area contributed by atoms with Crippen molar-refractivity contribution in [1.82, 2.24) is 0 Å². The monoisotopic (exact) mass is 388 g/mol. The van der Waals surface area contributed by atoms with Crippen molar-refractivity contribution in [3.8, 4) is 11.5 Å². The number of nitrogens with one attached hydrogen (secondary N) is 1. The molecule has 142 valence electrons. The average molecular weight is 389 g/mol. The highest BCUT2D eigenvalue weighted by molar-refractivity contribution is 6.30. The summed E-state index contributed by atoms with van der Waals surface area (Å²) >= 11 is 6.12. The van der Waals surface area contributed by atoms with Crippen molar-refractivity contribution in [3.05, 3.63) is 68.5 Å². The van der Waals surface area contributed by atoms with Crippen LogP contribution in [0.1, 0.15) is 23.6 Å². The molecule has 0 saturated heterocycles. The second-order valence-electron chi connectivity index (χ2n) is 6.69. The molecule has 3 aromatic rings. The van der Waals surface area contributed by atoms with E-state index in [1.807, 2.05) is 32.2 Å². The number of aromatic hydroxyl groups is 1. The van der Waals surface area contributed by atoms with Crippen LogP contribution in [0.5, 0.6) is 11.5 Å². The van der Waals surface area contributed by atoms with Crippen LogP contribution in [0.25, 0.3) is 11.0 Å². The zero-order chi connectivity index (χ0) is 19.6. The van der Waals surface area contributed by atoms with Gasteiger partial charge in [-0.25, -0.2) is 4.79 Å². The number of methoxy groups -OCH3 is 1. The molecule has 0 amide bonds. The largest absolute Gasteiger partial charge is 0.508 e. The van der Waals surface area contributed by atoms with E-state index in [-0.39, 0.29) is 5.75 Å². The molecule has 27 heavy (non-hydrogen) atoms. The summed E-state index contributed by atoms with van der Waals surface area (Å²) in [4.78, 5) is 13.1. The molecular formula is C21H23ClNO4+. The van der Waals surface area contributed by atoms with E-state index in [0.29, 0.717) is 30.1 Å². The van der Waals surface area contributed by atoms with Crippen LogP contribution in [-0.4, -0.2) is 19.3 Å². The number of fused-ring (bicyclic) bond motifs is 1. The molecule has 0 saturated carbocycles. The van der Waals surface area contributed by atoms with Gasteiger partial charge in [0, 0.05) is 33.7 Å². The van der Waals surface area contributed by atoms with Crippen LogP contribution in [0.15, 0.2) is 45.6 Å². The van der Waals surface area contributed by atoms with Crippen LogP contribution in [0.2, 0.25) is 5.02 Å². The van der Waals surface area contributed by atoms with Gasteiger partial charge in [0.15, 0.2) is 0 Å². The minimum atomic E-state index is -0.422. The first kappa shape index (κ1) is 19.3. The fourth-order valence-corrected chi connectivity index (χ4v) is 3.53. The van der Waals surface area contributed by atoms with Gasteiger partial charge in [0.2, 0.25) is 0 Å². The zero-order valence-electron chi connectivity index (χ0n) is 15.6. The number of phenolic OH excluding ortho intramolecular Hbond substituents is 1. The molecule has 0 aliphatic carbocycles. The second kappa shape index (κ2) is 8.03. The van der Waals surface area contributed by atoms with Crippen molar-refractivity contribution in [2.45, 2.75) is 26.4 Å². The number of aryl methyl sites for hydroxylation is 1. The van der Waals surface area contributed by atoms with Crippen molar-refractivity contribution in [1.29, 1.82) is 0 Å². The maximum absolute atomic E-state index is 12.0. The third-order valence-corrected chi connectivity index (χ3v) is 4.87. The predicted molar refractivity (Wildman–Crippen MR) is 106 cm³/mol. The van der Waals surface area contributed by atoms with Gasteiger partial charge in [0.25, 0.3) is 0 Å². The van der Waals surface area contributed by atoms with Crippen LogP contribution >= 0.6 is 11.6 Å². The lowest BCUT2D eigenvalue weighted by atomic mass is 10.0. The molecule has 1 heterocycles. The third kappa shape index (κ3) is 4.26. The van der Waals surface area contributed by atoms with E-state index in [2.05, 4.69) is 0 Å². The molecule has 6 heteroatoms. The number of benzene rings is 2. The topological polar surface area (TPSA) is 64.1 Å². The lowest BCUT2D eigenvalue weighted by Crippen LogP contribution is -3.06. The van der Waals surface area contributed by atoms with Crippen molar-refractivity contribution in [2.24, 2.45) is 0 Å². The van der Waals surface area contributed by atoms with Crippen LogP contribution < -0.4 is 15.3 Å². The molecule has 0 bridgehead atoms. The lowest BCUT2D eigenvalue weighted by Gasteiger charge is -2.17. The number of hydrogen-bond acceptors (Lipinski definition) is 4. The van der Waals surface area contributed by atoms with Crippen molar-refractivity contribution >= 4 is 22.6 Å². The number of ether oxygens (including phenoxy) is 1. The van der Waals surface area contributed by atoms with Crippen molar-refractivity contribution in [3.63, 3.8) is 0 Å². The molecule has 3 rings (SSSR count). The molecule has 0 aliphatic rings. The maximum atomic E-state index is 12.0. The Bertz CT molecular complexity index is 1030. The van der Waals surface area contributed by atoms with Gasteiger partial charge in [-0.2, -0.15) is 0 Å². The van der Waals surface area contributed by atoms with Crippen molar-refractivity contribution < 1.29 is 19.2 Å². The minimum absolute atomic E-state index is 0.148. The standard InChI is InChI=1S/C21H22ClNO4/c1-4-13-8-17-14(9-21(25)27-20(17)10-18(13)24)11-23(2)12-15-7-16(22)5-6-19(15)26-3/h5-10,24H,4,11-12H2,1-3H3/p+1. The Kier molecular flexibility index (Phi) is 5.73. The Morgan fingerprint density at radius 1 is 1.11 bits per heavy atom. The lowest BCUT2D eigenvalue weighted by molar-refractivity contribution is -0.907. The Balaban J connectivity index is 1.94. The van der Waals surface area contributed by atoms with Crippen LogP contribution in [0.3, 0.4) is 0 Å². The molecule has 0 radical (unpaired) electrons. The molecule has 2 aromatic carbocycles. The van der Waals surface area contributed by atoms with Gasteiger partial charge in [-0.3, -0.25) is 0 Å². The van der Waals surface area contributed by atoms with Gasteiger partial charge in [-0.15, -0.1) is 0 Å². The smallest absolute Gasteiger partial charge is 0.336 e. The summed E-state index contributed by atoms with van der Waals surface area (Å²) in [7, 11) is 3.68. The van der Waals surface area contributed by atoms with Gasteiger partial charge in [-0.05, 0) is 36.2 Å². The van der Waals surface area contributed by atoms with Gasteiger partial charge >= 0.3 is 5.63 Å². The number of phenols is 1. The summed E-state index contributed by atoms with van der Waals surface area (Å²) < 4.78 is 10.7. The molecular weight excluding hydrogens is 366 g/mol. The van der Waals surface area contributed by atoms with E-state index in [1.54, 1.807) is 13.2 Å². The van der Waals surface area contributed by atoms with E-state index in [9.17, 15) is 9.90 Å². The van der Waals surface area contributed by atoms with E-state index < -0.39 is 5.63 Å². The number of halogens is 1. The maximum Gasteiger partial charge on any atom is 0.336 e. The fourth-order valence-electron chi connectivity index (χ4n) is 3.33. The molecule has 0 aliphatic heterocycles. The first-order valence-corrected chi connectivity index (χ1v) is 9.21. The quantitative estimate of drug-likeness (QED) is 0.637. The average Bonchev–Trinajstić information content (AvgIpc) is 2.61. The molecule has 2 N–H and O–H groups in total. The summed E-state index contributed by atoms with van der Waals surface area (Å²) in [5, 5.41) is 11.6. The highest BCUT2D eigenvalue weighted by atomic mass is 35.5. The molecule has 0 fully saturated rings. The Labute approximate surface area is 162 Å². The molecule has 5 nitrogen and oxygen atoms in total. The molecule has 0 spiro atoms. The van der Waals surface area contributed by atoms with Crippen LogP contribution in [-0.2, 0) is 19.5 Å². The van der Waals surface area contributed by atoms with E-state index >= 15 is 0 Å². The summed E-state index contributed by atoms with van der Waals surface area (Å²) in [6, 6.07) is 10.5. The summed E-state index contributed by atoms with van der Waals surface area (Å²) in [5.74, 6) is 0.934. The minimum Gasteiger partial charge on any atom is -0.508 e. The predicted octanol–water partition coefficient (Wildman–Crippen LogP) is 2.94. The zero-order valence-corrected chi connectivity index (χ0v) is 16.4. The number of rotatable bonds is 6. The fraction of sp³-hybridized carbons (Fsp3) is 0.286. The summed E-state index contributed by atoms with van der Waals surface area (Å²) in [6.07, 6.45) is 0.697. The molecule has 1 atom stereocenters. The third-order valence-electron chi connectivity index (χ3n) is 4.64. The van der Waals surface area contributed by atoms with Gasteiger partial charge in [0.05, 0.1) is 14.2 Å². The SMILES string of the molecule is CCc1cc2c(C[NH+](C)Cc3cc(Cl)ccc3OC)cc(=O)oc2cc1O. The van der Waals surface area contributed by atoms with Gasteiger partial charge in [0.1, 0.15) is 30.2 Å². The second-order valence-corrected chi connectivity index (χ2v) is 7.12. The van der Waals surface area contributed by atoms with Crippen LogP contribution in [0.4, 0.5) is 0 Å². The van der Waals surface area contributed by atoms with E-state index in [1.165, 1.54) is 12.1 Å². The Hall–Kier alpha value is -2.50. The highest BCUT2D eigenvalue weighted by Gasteiger charge is 2.15.